The van der Waals surface area contributed by atoms with Crippen LogP contribution in [0.25, 0.3) is 6.08 Å². The average molecular weight is 336 g/mol. The Balaban J connectivity index is 1.89. The van der Waals surface area contributed by atoms with Crippen LogP contribution in [0.15, 0.2) is 60.7 Å². The molecule has 0 aliphatic rings. The molecule has 1 atom stereocenters. The van der Waals surface area contributed by atoms with Crippen molar-refractivity contribution in [1.29, 1.82) is 0 Å². The van der Waals surface area contributed by atoms with E-state index in [0.29, 0.717) is 6.54 Å². The van der Waals surface area contributed by atoms with E-state index in [9.17, 15) is 9.59 Å². The van der Waals surface area contributed by atoms with Crippen LogP contribution in [-0.2, 0) is 16.1 Å². The number of carbonyl (C=O) groups is 2. The predicted octanol–water partition coefficient (Wildman–Crippen LogP) is 3.17. The highest BCUT2D eigenvalue weighted by Crippen LogP contribution is 2.10. The number of amides is 2. The first-order valence-electron chi connectivity index (χ1n) is 8.30. The number of aryl methyl sites for hydroxylation is 1. The highest BCUT2D eigenvalue weighted by atomic mass is 16.2. The second kappa shape index (κ2) is 8.83. The van der Waals surface area contributed by atoms with Gasteiger partial charge >= 0.3 is 0 Å². The summed E-state index contributed by atoms with van der Waals surface area (Å²) in [7, 11) is 1.75. The van der Waals surface area contributed by atoms with Crippen molar-refractivity contribution < 1.29 is 9.59 Å². The molecule has 2 amide bonds. The number of carbonyl (C=O) groups excluding carboxylic acids is 2. The molecular formula is C21H24N2O2. The largest absolute Gasteiger partial charge is 0.341 e. The summed E-state index contributed by atoms with van der Waals surface area (Å²) in [5, 5.41) is 2.71. The van der Waals surface area contributed by atoms with Crippen molar-refractivity contribution >= 4 is 17.9 Å². The summed E-state index contributed by atoms with van der Waals surface area (Å²) in [6.45, 7) is 4.24. The third-order valence-electron chi connectivity index (χ3n) is 4.00. The summed E-state index contributed by atoms with van der Waals surface area (Å²) >= 11 is 0. The van der Waals surface area contributed by atoms with Gasteiger partial charge in [0.05, 0.1) is 0 Å². The number of nitrogens with one attached hydrogen (secondary N) is 1. The average Bonchev–Trinajstić information content (AvgIpc) is 2.62. The van der Waals surface area contributed by atoms with Gasteiger partial charge in [0.25, 0.3) is 0 Å². The molecule has 0 bridgehead atoms. The molecule has 2 aromatic carbocycles. The monoisotopic (exact) mass is 336 g/mol. The number of rotatable bonds is 6. The Morgan fingerprint density at radius 2 is 1.72 bits per heavy atom. The van der Waals surface area contributed by atoms with Crippen molar-refractivity contribution in [2.75, 3.05) is 7.05 Å². The van der Waals surface area contributed by atoms with Gasteiger partial charge in [-0.15, -0.1) is 0 Å². The van der Waals surface area contributed by atoms with Gasteiger partial charge < -0.3 is 10.2 Å². The summed E-state index contributed by atoms with van der Waals surface area (Å²) in [5.41, 5.74) is 3.18. The molecule has 0 radical (unpaired) electrons. The van der Waals surface area contributed by atoms with Crippen molar-refractivity contribution in [2.24, 2.45) is 0 Å². The topological polar surface area (TPSA) is 49.4 Å². The predicted molar refractivity (Wildman–Crippen MR) is 101 cm³/mol. The third-order valence-corrected chi connectivity index (χ3v) is 4.00. The molecular weight excluding hydrogens is 312 g/mol. The minimum absolute atomic E-state index is 0.121. The quantitative estimate of drug-likeness (QED) is 0.824. The molecule has 4 heteroatoms. The zero-order chi connectivity index (χ0) is 18.2. The molecule has 0 saturated heterocycles. The lowest BCUT2D eigenvalue weighted by Gasteiger charge is -2.22. The molecule has 2 aromatic rings. The van der Waals surface area contributed by atoms with Crippen molar-refractivity contribution in [3.8, 4) is 0 Å². The van der Waals surface area contributed by atoms with E-state index in [1.165, 1.54) is 6.08 Å². The van der Waals surface area contributed by atoms with E-state index in [1.807, 2.05) is 61.5 Å². The Morgan fingerprint density at radius 1 is 1.08 bits per heavy atom. The summed E-state index contributed by atoms with van der Waals surface area (Å²) in [6.07, 6.45) is 3.17. The highest BCUT2D eigenvalue weighted by molar-refractivity contribution is 5.95. The molecule has 1 unspecified atom stereocenters. The molecule has 0 aliphatic heterocycles. The summed E-state index contributed by atoms with van der Waals surface area (Å²) in [4.78, 5) is 26.1. The second-order valence-corrected chi connectivity index (χ2v) is 6.10. The van der Waals surface area contributed by atoms with Gasteiger partial charge in [0, 0.05) is 19.7 Å². The fourth-order valence-corrected chi connectivity index (χ4v) is 2.51. The molecule has 0 fully saturated rings. The minimum atomic E-state index is -0.582. The van der Waals surface area contributed by atoms with Crippen molar-refractivity contribution in [3.05, 3.63) is 77.4 Å². The number of likely N-dealkylation sites (N-methyl/N-ethyl adjacent to an activating group) is 1. The fourth-order valence-electron chi connectivity index (χ4n) is 2.51. The third kappa shape index (κ3) is 5.60. The Kier molecular flexibility index (Phi) is 6.52. The van der Waals surface area contributed by atoms with Gasteiger partial charge in [-0.3, -0.25) is 9.59 Å². The summed E-state index contributed by atoms with van der Waals surface area (Å²) < 4.78 is 0. The van der Waals surface area contributed by atoms with Crippen molar-refractivity contribution in [2.45, 2.75) is 26.4 Å². The van der Waals surface area contributed by atoms with Crippen LogP contribution >= 0.6 is 0 Å². The van der Waals surface area contributed by atoms with Crippen LogP contribution in [-0.4, -0.2) is 29.8 Å². The van der Waals surface area contributed by atoms with E-state index >= 15 is 0 Å². The summed E-state index contributed by atoms with van der Waals surface area (Å²) in [6, 6.07) is 16.9. The molecule has 25 heavy (non-hydrogen) atoms. The van der Waals surface area contributed by atoms with Gasteiger partial charge in [-0.25, -0.2) is 0 Å². The number of benzene rings is 2. The molecule has 0 saturated carbocycles. The molecule has 0 aliphatic carbocycles. The van der Waals surface area contributed by atoms with Gasteiger partial charge in [0.15, 0.2) is 0 Å². The van der Waals surface area contributed by atoms with Gasteiger partial charge in [-0.05, 0) is 36.6 Å². The Hall–Kier alpha value is -2.88. The van der Waals surface area contributed by atoms with E-state index in [-0.39, 0.29) is 11.8 Å². The fraction of sp³-hybridized carbons (Fsp3) is 0.238. The van der Waals surface area contributed by atoms with Crippen LogP contribution in [0.1, 0.15) is 23.6 Å². The molecule has 0 heterocycles. The lowest BCUT2D eigenvalue weighted by Crippen LogP contribution is -2.44. The van der Waals surface area contributed by atoms with Crippen LogP contribution in [0.4, 0.5) is 0 Å². The van der Waals surface area contributed by atoms with Crippen LogP contribution in [0, 0.1) is 6.92 Å². The zero-order valence-electron chi connectivity index (χ0n) is 14.9. The Labute approximate surface area is 149 Å². The SMILES string of the molecule is Cc1ccccc1CN(C)C(=O)C(C)NC(=O)C=Cc1ccccc1. The molecule has 2 rings (SSSR count). The van der Waals surface area contributed by atoms with Gasteiger partial charge in [0.1, 0.15) is 6.04 Å². The van der Waals surface area contributed by atoms with Gasteiger partial charge in [-0.2, -0.15) is 0 Å². The Bertz CT molecular complexity index is 754. The van der Waals surface area contributed by atoms with E-state index in [4.69, 9.17) is 0 Å². The first-order valence-corrected chi connectivity index (χ1v) is 8.30. The van der Waals surface area contributed by atoms with Gasteiger partial charge in [-0.1, -0.05) is 54.6 Å². The smallest absolute Gasteiger partial charge is 0.244 e. The van der Waals surface area contributed by atoms with Crippen LogP contribution in [0.3, 0.4) is 0 Å². The van der Waals surface area contributed by atoms with E-state index < -0.39 is 6.04 Å². The standard InChI is InChI=1S/C21H24N2O2/c1-16-9-7-8-12-19(16)15-23(3)21(25)17(2)22-20(24)14-13-18-10-5-4-6-11-18/h4-14,17H,15H2,1-3H3,(H,22,24). The second-order valence-electron chi connectivity index (χ2n) is 6.10. The molecule has 0 spiro atoms. The first-order chi connectivity index (χ1) is 12.0. The van der Waals surface area contributed by atoms with E-state index in [0.717, 1.165) is 16.7 Å². The number of hydrogen-bond donors (Lipinski definition) is 1. The van der Waals surface area contributed by atoms with E-state index in [1.54, 1.807) is 24.9 Å². The zero-order valence-corrected chi connectivity index (χ0v) is 14.9. The summed E-state index contributed by atoms with van der Waals surface area (Å²) in [5.74, 6) is -0.404. The molecule has 1 N–H and O–H groups in total. The number of nitrogens with zero attached hydrogens (tertiary/aromatic N) is 1. The maximum atomic E-state index is 12.5. The van der Waals surface area contributed by atoms with Gasteiger partial charge in [0.2, 0.25) is 11.8 Å². The molecule has 4 nitrogen and oxygen atoms in total. The van der Waals surface area contributed by atoms with E-state index in [2.05, 4.69) is 5.32 Å². The maximum Gasteiger partial charge on any atom is 0.244 e. The van der Waals surface area contributed by atoms with Crippen LogP contribution < -0.4 is 5.32 Å². The lowest BCUT2D eigenvalue weighted by molar-refractivity contribution is -0.134. The Morgan fingerprint density at radius 3 is 2.40 bits per heavy atom. The molecule has 130 valence electrons. The van der Waals surface area contributed by atoms with Crippen LogP contribution in [0.2, 0.25) is 0 Å². The van der Waals surface area contributed by atoms with Crippen molar-refractivity contribution in [1.82, 2.24) is 10.2 Å². The van der Waals surface area contributed by atoms with Crippen molar-refractivity contribution in [3.63, 3.8) is 0 Å². The van der Waals surface area contributed by atoms with Crippen LogP contribution in [0.5, 0.6) is 0 Å². The highest BCUT2D eigenvalue weighted by Gasteiger charge is 2.19. The minimum Gasteiger partial charge on any atom is -0.341 e. The molecule has 0 aromatic heterocycles. The first kappa shape index (κ1) is 18.5. The maximum absolute atomic E-state index is 12.5. The number of hydrogen-bond acceptors (Lipinski definition) is 2. The normalized spacial score (nSPS) is 12.0. The lowest BCUT2D eigenvalue weighted by atomic mass is 10.1.